The van der Waals surface area contributed by atoms with E-state index in [0.717, 1.165) is 43.7 Å². The van der Waals surface area contributed by atoms with Crippen molar-refractivity contribution in [2.75, 3.05) is 25.1 Å². The van der Waals surface area contributed by atoms with Crippen LogP contribution in [0, 0.1) is 0 Å². The molecular formula is C25H31NO2. The topological polar surface area (TPSA) is 32.7 Å². The Hall–Kier alpha value is -2.52. The fourth-order valence-corrected chi connectivity index (χ4v) is 3.79. The van der Waals surface area contributed by atoms with Gasteiger partial charge in [0.25, 0.3) is 0 Å². The van der Waals surface area contributed by atoms with Gasteiger partial charge in [0.05, 0.1) is 13.2 Å². The molecule has 148 valence electrons. The summed E-state index contributed by atoms with van der Waals surface area (Å²) >= 11 is 0. The van der Waals surface area contributed by atoms with E-state index in [0.29, 0.717) is 0 Å². The molecule has 28 heavy (non-hydrogen) atoms. The lowest BCUT2D eigenvalue weighted by Gasteiger charge is -2.33. The highest BCUT2D eigenvalue weighted by atomic mass is 16.5. The van der Waals surface area contributed by atoms with Crippen LogP contribution in [-0.4, -0.2) is 31.4 Å². The first-order chi connectivity index (χ1) is 13.5. The zero-order valence-electron chi connectivity index (χ0n) is 17.2. The molecule has 0 saturated carbocycles. The van der Waals surface area contributed by atoms with Crippen molar-refractivity contribution in [1.82, 2.24) is 0 Å². The van der Waals surface area contributed by atoms with Gasteiger partial charge >= 0.3 is 0 Å². The summed E-state index contributed by atoms with van der Waals surface area (Å²) in [5.74, 6) is 0.876. The molecule has 0 aromatic heterocycles. The van der Waals surface area contributed by atoms with Gasteiger partial charge in [0.2, 0.25) is 0 Å². The van der Waals surface area contributed by atoms with E-state index in [2.05, 4.69) is 60.9 Å². The van der Waals surface area contributed by atoms with Crippen LogP contribution < -0.4 is 9.64 Å². The van der Waals surface area contributed by atoms with Crippen LogP contribution >= 0.6 is 0 Å². The number of aliphatic hydroxyl groups is 1. The number of methoxy groups -OCH3 is 1. The molecule has 0 spiro atoms. The molecule has 0 aliphatic carbocycles. The number of ether oxygens (including phenoxy) is 1. The second-order valence-electron chi connectivity index (χ2n) is 7.59. The Balaban J connectivity index is 2.06. The average Bonchev–Trinajstić information content (AvgIpc) is 2.71. The van der Waals surface area contributed by atoms with Crippen LogP contribution in [0.2, 0.25) is 0 Å². The quantitative estimate of drug-likeness (QED) is 0.681. The maximum absolute atomic E-state index is 9.91. The number of benzene rings is 2. The molecule has 1 saturated heterocycles. The second-order valence-corrected chi connectivity index (χ2v) is 7.59. The Morgan fingerprint density at radius 3 is 2.61 bits per heavy atom. The number of aliphatic hydroxyl groups excluding tert-OH is 1. The summed E-state index contributed by atoms with van der Waals surface area (Å²) in [4.78, 5) is 2.42. The Bertz CT molecular complexity index is 902. The molecule has 1 fully saturated rings. The predicted octanol–water partition coefficient (Wildman–Crippen LogP) is 5.43. The molecule has 0 unspecified atom stereocenters. The normalized spacial score (nSPS) is 16.1. The van der Waals surface area contributed by atoms with Crippen molar-refractivity contribution in [3.05, 3.63) is 71.8 Å². The molecule has 3 rings (SSSR count). The highest BCUT2D eigenvalue weighted by Crippen LogP contribution is 2.34. The van der Waals surface area contributed by atoms with Gasteiger partial charge in [-0.15, -0.1) is 0 Å². The van der Waals surface area contributed by atoms with Crippen molar-refractivity contribution in [3.63, 3.8) is 0 Å². The summed E-state index contributed by atoms with van der Waals surface area (Å²) < 4.78 is 5.42. The van der Waals surface area contributed by atoms with Gasteiger partial charge in [-0.25, -0.2) is 0 Å². The fraction of sp³-hybridized carbons (Fsp3) is 0.360. The molecule has 0 radical (unpaired) electrons. The van der Waals surface area contributed by atoms with E-state index in [1.165, 1.54) is 27.6 Å². The van der Waals surface area contributed by atoms with Gasteiger partial charge in [-0.05, 0) is 73.2 Å². The summed E-state index contributed by atoms with van der Waals surface area (Å²) in [7, 11) is 1.70. The molecule has 3 nitrogen and oxygen atoms in total. The first-order valence-corrected chi connectivity index (χ1v) is 10.0. The van der Waals surface area contributed by atoms with Crippen LogP contribution in [0.25, 0.3) is 10.8 Å². The van der Waals surface area contributed by atoms with Crippen LogP contribution in [0.15, 0.2) is 66.3 Å². The average molecular weight is 378 g/mol. The molecule has 1 aliphatic rings. The molecule has 1 aliphatic heterocycles. The Kier molecular flexibility index (Phi) is 6.58. The molecule has 0 amide bonds. The van der Waals surface area contributed by atoms with Crippen molar-refractivity contribution in [1.29, 1.82) is 0 Å². The van der Waals surface area contributed by atoms with Gasteiger partial charge < -0.3 is 14.7 Å². The smallest absolute Gasteiger partial charge is 0.119 e. The molecule has 2 aromatic rings. The van der Waals surface area contributed by atoms with Gasteiger partial charge in [-0.1, -0.05) is 42.5 Å². The lowest BCUT2D eigenvalue weighted by molar-refractivity contribution is 0.145. The predicted molar refractivity (Wildman–Crippen MR) is 119 cm³/mol. The minimum Gasteiger partial charge on any atom is -0.497 e. The van der Waals surface area contributed by atoms with Crippen molar-refractivity contribution in [3.8, 4) is 5.75 Å². The standard InChI is InChI=1S/C25H31NO2/c1-5-19(7-6-18(2)3)16-24-23-10-9-22(28-4)17-20(23)8-11-25(24)26-14-12-21(27)13-15-26/h5-11,17,21,27H,2,12-16H2,1,3-4H3. The maximum Gasteiger partial charge on any atom is 0.119 e. The Morgan fingerprint density at radius 2 is 1.96 bits per heavy atom. The molecule has 1 heterocycles. The number of fused-ring (bicyclic) bond motifs is 1. The van der Waals surface area contributed by atoms with Gasteiger partial charge in [0, 0.05) is 18.8 Å². The molecule has 3 heteroatoms. The lowest BCUT2D eigenvalue weighted by Crippen LogP contribution is -2.36. The van der Waals surface area contributed by atoms with E-state index in [-0.39, 0.29) is 6.10 Å². The number of hydrogen-bond acceptors (Lipinski definition) is 3. The summed E-state index contributed by atoms with van der Waals surface area (Å²) in [5.41, 5.74) is 4.92. The van der Waals surface area contributed by atoms with E-state index in [1.807, 2.05) is 13.0 Å². The molecule has 0 bridgehead atoms. The van der Waals surface area contributed by atoms with Crippen molar-refractivity contribution >= 4 is 16.5 Å². The van der Waals surface area contributed by atoms with Crippen LogP contribution in [0.3, 0.4) is 0 Å². The molecule has 0 atom stereocenters. The first kappa shape index (κ1) is 20.2. The third-order valence-corrected chi connectivity index (χ3v) is 5.45. The number of nitrogens with zero attached hydrogens (tertiary/aromatic N) is 1. The van der Waals surface area contributed by atoms with Crippen molar-refractivity contribution in [2.45, 2.75) is 39.2 Å². The van der Waals surface area contributed by atoms with Crippen LogP contribution in [-0.2, 0) is 6.42 Å². The first-order valence-electron chi connectivity index (χ1n) is 10.0. The molecular weight excluding hydrogens is 346 g/mol. The lowest BCUT2D eigenvalue weighted by atomic mass is 9.94. The number of allylic oxidation sites excluding steroid dienone is 5. The number of piperidine rings is 1. The van der Waals surface area contributed by atoms with Crippen LogP contribution in [0.5, 0.6) is 5.75 Å². The van der Waals surface area contributed by atoms with Crippen LogP contribution in [0.4, 0.5) is 5.69 Å². The molecule has 2 aromatic carbocycles. The SMILES string of the molecule is C=C(C)C=CC(=CC)Cc1c(N2CCC(O)CC2)ccc2cc(OC)ccc12. The van der Waals surface area contributed by atoms with Gasteiger partial charge in [-0.3, -0.25) is 0 Å². The van der Waals surface area contributed by atoms with Gasteiger partial charge in [0.1, 0.15) is 5.75 Å². The fourth-order valence-electron chi connectivity index (χ4n) is 3.79. The van der Waals surface area contributed by atoms with Gasteiger partial charge in [-0.2, -0.15) is 0 Å². The molecule has 1 N–H and O–H groups in total. The zero-order valence-corrected chi connectivity index (χ0v) is 17.2. The van der Waals surface area contributed by atoms with Crippen LogP contribution in [0.1, 0.15) is 32.3 Å². The van der Waals surface area contributed by atoms with Crippen molar-refractivity contribution in [2.24, 2.45) is 0 Å². The van der Waals surface area contributed by atoms with E-state index >= 15 is 0 Å². The summed E-state index contributed by atoms with van der Waals surface area (Å²) in [5, 5.41) is 12.4. The number of rotatable bonds is 6. The summed E-state index contributed by atoms with van der Waals surface area (Å²) in [6.45, 7) is 9.86. The van der Waals surface area contributed by atoms with Gasteiger partial charge in [0.15, 0.2) is 0 Å². The number of anilines is 1. The van der Waals surface area contributed by atoms with E-state index < -0.39 is 0 Å². The van der Waals surface area contributed by atoms with E-state index in [4.69, 9.17) is 4.74 Å². The zero-order chi connectivity index (χ0) is 20.1. The largest absolute Gasteiger partial charge is 0.497 e. The highest BCUT2D eigenvalue weighted by Gasteiger charge is 2.21. The Labute approximate surface area is 168 Å². The van der Waals surface area contributed by atoms with E-state index in [1.54, 1.807) is 7.11 Å². The third kappa shape index (κ3) is 4.66. The third-order valence-electron chi connectivity index (χ3n) is 5.45. The van der Waals surface area contributed by atoms with Crippen molar-refractivity contribution < 1.29 is 9.84 Å². The van der Waals surface area contributed by atoms with E-state index in [9.17, 15) is 5.11 Å². The highest BCUT2D eigenvalue weighted by molar-refractivity contribution is 5.92. The summed E-state index contributed by atoms with van der Waals surface area (Å²) in [6, 6.07) is 10.7. The minimum atomic E-state index is -0.172. The monoisotopic (exact) mass is 377 g/mol. The number of hydrogen-bond donors (Lipinski definition) is 1. The minimum absolute atomic E-state index is 0.172. The maximum atomic E-state index is 9.91. The second kappa shape index (κ2) is 9.11. The summed E-state index contributed by atoms with van der Waals surface area (Å²) in [6.07, 6.45) is 8.74. The Morgan fingerprint density at radius 1 is 1.21 bits per heavy atom.